The van der Waals surface area contributed by atoms with Gasteiger partial charge in [0.15, 0.2) is 11.6 Å². The minimum absolute atomic E-state index is 0.0716. The van der Waals surface area contributed by atoms with Crippen LogP contribution in [0.4, 0.5) is 13.2 Å². The van der Waals surface area contributed by atoms with Gasteiger partial charge in [0.2, 0.25) is 5.82 Å². The van der Waals surface area contributed by atoms with Crippen molar-refractivity contribution in [2.75, 3.05) is 6.61 Å². The zero-order valence-electron chi connectivity index (χ0n) is 17.2. The van der Waals surface area contributed by atoms with Gasteiger partial charge in [-0.15, -0.1) is 0 Å². The summed E-state index contributed by atoms with van der Waals surface area (Å²) in [5.41, 5.74) is 1.97. The van der Waals surface area contributed by atoms with Crippen molar-refractivity contribution in [1.29, 1.82) is 0 Å². The monoisotopic (exact) mass is 414 g/mol. The fraction of sp³-hybridized carbons (Fsp3) is 0.280. The number of unbranched alkanes of at least 4 members (excludes halogenated alkanes) is 2. The zero-order chi connectivity index (χ0) is 21.5. The molecule has 0 aliphatic heterocycles. The van der Waals surface area contributed by atoms with Crippen LogP contribution in [0.3, 0.4) is 0 Å². The molecule has 0 saturated heterocycles. The molecule has 0 bridgehead atoms. The van der Waals surface area contributed by atoms with Gasteiger partial charge in [-0.3, -0.25) is 0 Å². The van der Waals surface area contributed by atoms with Crippen LogP contribution in [0.25, 0.3) is 11.1 Å². The number of ether oxygens (including phenoxy) is 2. The highest BCUT2D eigenvalue weighted by Crippen LogP contribution is 2.31. The SMILES string of the molecule is CCCCCOc1ccc(-c2ccc(OCc3ccc(C)c(F)c3)cc2)c(F)c1F. The van der Waals surface area contributed by atoms with Crippen molar-refractivity contribution in [2.45, 2.75) is 39.7 Å². The second-order valence-electron chi connectivity index (χ2n) is 7.19. The molecule has 0 saturated carbocycles. The molecule has 0 aromatic heterocycles. The Morgan fingerprint density at radius 1 is 0.800 bits per heavy atom. The Morgan fingerprint density at radius 2 is 1.57 bits per heavy atom. The van der Waals surface area contributed by atoms with Gasteiger partial charge >= 0.3 is 0 Å². The Labute approximate surface area is 175 Å². The summed E-state index contributed by atoms with van der Waals surface area (Å²) in [5, 5.41) is 0. The molecule has 0 atom stereocenters. The van der Waals surface area contributed by atoms with Crippen LogP contribution in [0.15, 0.2) is 54.6 Å². The van der Waals surface area contributed by atoms with E-state index >= 15 is 0 Å². The van der Waals surface area contributed by atoms with Crippen LogP contribution in [0.1, 0.15) is 37.3 Å². The summed E-state index contributed by atoms with van der Waals surface area (Å²) in [6, 6.07) is 14.6. The molecule has 0 aliphatic carbocycles. The van der Waals surface area contributed by atoms with Gasteiger partial charge in [0.1, 0.15) is 18.2 Å². The summed E-state index contributed by atoms with van der Waals surface area (Å²) in [6.45, 7) is 4.34. The number of hydrogen-bond donors (Lipinski definition) is 0. The molecular weight excluding hydrogens is 389 g/mol. The first-order valence-electron chi connectivity index (χ1n) is 10.1. The standard InChI is InChI=1S/C25H25F3O2/c1-3-4-5-14-29-23-13-12-21(24(27)25(23)28)19-8-10-20(11-9-19)30-16-18-7-6-17(2)22(26)15-18/h6-13,15H,3-5,14,16H2,1-2H3. The van der Waals surface area contributed by atoms with E-state index in [0.717, 1.165) is 19.3 Å². The lowest BCUT2D eigenvalue weighted by Gasteiger charge is -2.11. The molecule has 3 aromatic carbocycles. The molecule has 2 nitrogen and oxygen atoms in total. The van der Waals surface area contributed by atoms with E-state index in [-0.39, 0.29) is 23.7 Å². The zero-order valence-corrected chi connectivity index (χ0v) is 17.2. The molecule has 0 radical (unpaired) electrons. The van der Waals surface area contributed by atoms with Gasteiger partial charge in [0.05, 0.1) is 6.61 Å². The van der Waals surface area contributed by atoms with Gasteiger partial charge in [-0.1, -0.05) is 44.0 Å². The maximum absolute atomic E-state index is 14.5. The predicted molar refractivity (Wildman–Crippen MR) is 112 cm³/mol. The van der Waals surface area contributed by atoms with Gasteiger partial charge in [0, 0.05) is 5.56 Å². The molecule has 158 valence electrons. The van der Waals surface area contributed by atoms with Crippen LogP contribution in [-0.2, 0) is 6.61 Å². The summed E-state index contributed by atoms with van der Waals surface area (Å²) in [5.74, 6) is -1.71. The minimum atomic E-state index is -0.981. The lowest BCUT2D eigenvalue weighted by atomic mass is 10.0. The highest BCUT2D eigenvalue weighted by Gasteiger charge is 2.16. The van der Waals surface area contributed by atoms with Crippen LogP contribution >= 0.6 is 0 Å². The Hall–Kier alpha value is -2.95. The molecule has 30 heavy (non-hydrogen) atoms. The quantitative estimate of drug-likeness (QED) is 0.344. The first-order chi connectivity index (χ1) is 14.5. The number of benzene rings is 3. The maximum Gasteiger partial charge on any atom is 0.201 e. The Balaban J connectivity index is 1.66. The molecule has 0 unspecified atom stereocenters. The van der Waals surface area contributed by atoms with E-state index in [9.17, 15) is 13.2 Å². The van der Waals surface area contributed by atoms with Crippen LogP contribution in [0.5, 0.6) is 11.5 Å². The first-order valence-corrected chi connectivity index (χ1v) is 10.1. The molecule has 0 spiro atoms. The summed E-state index contributed by atoms with van der Waals surface area (Å²) in [6.07, 6.45) is 2.81. The number of hydrogen-bond acceptors (Lipinski definition) is 2. The van der Waals surface area contributed by atoms with E-state index in [4.69, 9.17) is 9.47 Å². The topological polar surface area (TPSA) is 18.5 Å². The van der Waals surface area contributed by atoms with Crippen LogP contribution < -0.4 is 9.47 Å². The molecule has 0 aliphatic rings. The number of rotatable bonds is 9. The van der Waals surface area contributed by atoms with E-state index in [0.29, 0.717) is 29.0 Å². The fourth-order valence-corrected chi connectivity index (χ4v) is 3.02. The lowest BCUT2D eigenvalue weighted by molar-refractivity contribution is 0.286. The number of halogens is 3. The van der Waals surface area contributed by atoms with Crippen molar-refractivity contribution in [1.82, 2.24) is 0 Å². The summed E-state index contributed by atoms with van der Waals surface area (Å²) < 4.78 is 53.5. The van der Waals surface area contributed by atoms with E-state index in [1.54, 1.807) is 43.3 Å². The largest absolute Gasteiger partial charge is 0.490 e. The maximum atomic E-state index is 14.5. The molecule has 0 N–H and O–H groups in total. The second kappa shape index (κ2) is 10.2. The van der Waals surface area contributed by atoms with Gasteiger partial charge < -0.3 is 9.47 Å². The van der Waals surface area contributed by atoms with Crippen LogP contribution in [0, 0.1) is 24.4 Å². The van der Waals surface area contributed by atoms with Gasteiger partial charge in [-0.05, 0) is 60.4 Å². The number of aryl methyl sites for hydroxylation is 1. The first kappa shape index (κ1) is 21.8. The second-order valence-corrected chi connectivity index (χ2v) is 7.19. The van der Waals surface area contributed by atoms with Crippen molar-refractivity contribution < 1.29 is 22.6 Å². The third kappa shape index (κ3) is 5.35. The molecule has 3 aromatic rings. The van der Waals surface area contributed by atoms with Crippen molar-refractivity contribution in [2.24, 2.45) is 0 Å². The predicted octanol–water partition coefficient (Wildman–Crippen LogP) is 7.23. The van der Waals surface area contributed by atoms with Crippen LogP contribution in [-0.4, -0.2) is 6.61 Å². The van der Waals surface area contributed by atoms with Gasteiger partial charge in [-0.2, -0.15) is 4.39 Å². The third-order valence-electron chi connectivity index (χ3n) is 4.86. The molecule has 0 fully saturated rings. The third-order valence-corrected chi connectivity index (χ3v) is 4.86. The van der Waals surface area contributed by atoms with E-state index in [1.165, 1.54) is 18.2 Å². The van der Waals surface area contributed by atoms with Crippen molar-refractivity contribution in [3.8, 4) is 22.6 Å². The van der Waals surface area contributed by atoms with Crippen molar-refractivity contribution in [3.63, 3.8) is 0 Å². The van der Waals surface area contributed by atoms with Crippen LogP contribution in [0.2, 0.25) is 0 Å². The smallest absolute Gasteiger partial charge is 0.201 e. The summed E-state index contributed by atoms with van der Waals surface area (Å²) in [4.78, 5) is 0. The minimum Gasteiger partial charge on any atom is -0.490 e. The molecule has 0 heterocycles. The Bertz CT molecular complexity index is 984. The molecule has 5 heteroatoms. The van der Waals surface area contributed by atoms with Gasteiger partial charge in [0.25, 0.3) is 0 Å². The van der Waals surface area contributed by atoms with E-state index in [1.807, 2.05) is 0 Å². The summed E-state index contributed by atoms with van der Waals surface area (Å²) >= 11 is 0. The summed E-state index contributed by atoms with van der Waals surface area (Å²) in [7, 11) is 0. The van der Waals surface area contributed by atoms with E-state index in [2.05, 4.69) is 6.92 Å². The Morgan fingerprint density at radius 3 is 2.27 bits per heavy atom. The molecule has 3 rings (SSSR count). The lowest BCUT2D eigenvalue weighted by Crippen LogP contribution is -2.01. The molecule has 0 amide bonds. The highest BCUT2D eigenvalue weighted by atomic mass is 19.2. The molecular formula is C25H25F3O2. The van der Waals surface area contributed by atoms with Crippen molar-refractivity contribution >= 4 is 0 Å². The average molecular weight is 414 g/mol. The van der Waals surface area contributed by atoms with E-state index < -0.39 is 11.6 Å². The van der Waals surface area contributed by atoms with Crippen molar-refractivity contribution in [3.05, 3.63) is 83.2 Å². The normalized spacial score (nSPS) is 10.8. The average Bonchev–Trinajstić information content (AvgIpc) is 2.75. The fourth-order valence-electron chi connectivity index (χ4n) is 3.02. The van der Waals surface area contributed by atoms with Gasteiger partial charge in [-0.25, -0.2) is 8.78 Å². The highest BCUT2D eigenvalue weighted by molar-refractivity contribution is 5.66. The Kier molecular flexibility index (Phi) is 7.39.